The van der Waals surface area contributed by atoms with Crippen LogP contribution in [0.4, 0.5) is 5.82 Å². The van der Waals surface area contributed by atoms with Crippen molar-refractivity contribution in [2.24, 2.45) is 11.8 Å². The minimum absolute atomic E-state index is 0.232. The molecule has 0 radical (unpaired) electrons. The molecule has 0 saturated heterocycles. The molecule has 1 saturated carbocycles. The summed E-state index contributed by atoms with van der Waals surface area (Å²) in [6.07, 6.45) is 12.3. The van der Waals surface area contributed by atoms with Crippen molar-refractivity contribution in [1.29, 1.82) is 0 Å². The SMILES string of the molecule is CC1=CCC(Cn2c(-c3cc(C(C)C)ccn3)nc3nc(C(=O)O)nc(NCCC4CCC4)c32)CC1. The van der Waals surface area contributed by atoms with Gasteiger partial charge < -0.3 is 15.0 Å². The number of anilines is 1. The molecule has 8 heteroatoms. The molecule has 0 spiro atoms. The Hall–Kier alpha value is -3.29. The highest BCUT2D eigenvalue weighted by Gasteiger charge is 2.25. The molecule has 190 valence electrons. The first-order chi connectivity index (χ1) is 17.4. The van der Waals surface area contributed by atoms with Gasteiger partial charge in [0.15, 0.2) is 17.3 Å². The standard InChI is InChI=1S/C28H36N6O2/c1-17(2)21-12-14-29-22(15-21)27-33-25-23(34(27)16-20-9-7-18(3)8-10-20)24(31-26(32-25)28(35)36)30-13-11-19-5-4-6-19/h7,12,14-15,17,19-20H,4-6,8-11,13,16H2,1-3H3,(H,35,36)(H,30,31,32). The summed E-state index contributed by atoms with van der Waals surface area (Å²) in [6, 6.07) is 4.12. The minimum Gasteiger partial charge on any atom is -0.475 e. The zero-order chi connectivity index (χ0) is 25.2. The summed E-state index contributed by atoms with van der Waals surface area (Å²) in [5.41, 5.74) is 4.58. The minimum atomic E-state index is -1.15. The van der Waals surface area contributed by atoms with Crippen LogP contribution >= 0.6 is 0 Å². The van der Waals surface area contributed by atoms with Gasteiger partial charge in [-0.1, -0.05) is 44.8 Å². The summed E-state index contributed by atoms with van der Waals surface area (Å²) in [5.74, 6) is 1.45. The van der Waals surface area contributed by atoms with Crippen LogP contribution in [-0.4, -0.2) is 42.1 Å². The van der Waals surface area contributed by atoms with E-state index < -0.39 is 5.97 Å². The van der Waals surface area contributed by atoms with E-state index in [1.807, 2.05) is 12.3 Å². The summed E-state index contributed by atoms with van der Waals surface area (Å²) >= 11 is 0. The van der Waals surface area contributed by atoms with Crippen LogP contribution < -0.4 is 5.32 Å². The maximum atomic E-state index is 11.9. The monoisotopic (exact) mass is 488 g/mol. The fourth-order valence-corrected chi connectivity index (χ4v) is 5.18. The van der Waals surface area contributed by atoms with Crippen molar-refractivity contribution in [3.8, 4) is 11.5 Å². The highest BCUT2D eigenvalue weighted by molar-refractivity contribution is 5.92. The molecule has 3 aromatic rings. The van der Waals surface area contributed by atoms with Crippen molar-refractivity contribution in [3.05, 3.63) is 41.4 Å². The predicted octanol–water partition coefficient (Wildman–Crippen LogP) is 6.06. The first kappa shape index (κ1) is 24.4. The van der Waals surface area contributed by atoms with E-state index in [0.717, 1.165) is 61.7 Å². The van der Waals surface area contributed by atoms with Crippen LogP contribution in [0.2, 0.25) is 0 Å². The number of carboxylic acids is 1. The molecule has 1 fully saturated rings. The molecule has 36 heavy (non-hydrogen) atoms. The molecular weight excluding hydrogens is 452 g/mol. The van der Waals surface area contributed by atoms with E-state index >= 15 is 0 Å². The second-order valence-electron chi connectivity index (χ2n) is 10.8. The van der Waals surface area contributed by atoms with Gasteiger partial charge in [-0.2, -0.15) is 0 Å². The van der Waals surface area contributed by atoms with Crippen molar-refractivity contribution in [2.45, 2.75) is 78.2 Å². The largest absolute Gasteiger partial charge is 0.475 e. The lowest BCUT2D eigenvalue weighted by Crippen LogP contribution is -2.18. The molecule has 2 N–H and O–H groups in total. The highest BCUT2D eigenvalue weighted by Crippen LogP contribution is 2.33. The van der Waals surface area contributed by atoms with Crippen LogP contribution in [0.1, 0.15) is 87.8 Å². The van der Waals surface area contributed by atoms with Gasteiger partial charge in [0.2, 0.25) is 5.82 Å². The molecular formula is C28H36N6O2. The smallest absolute Gasteiger partial charge is 0.374 e. The fourth-order valence-electron chi connectivity index (χ4n) is 5.18. The molecule has 1 atom stereocenters. The fraction of sp³-hybridized carbons (Fsp3) is 0.536. The van der Waals surface area contributed by atoms with Crippen molar-refractivity contribution in [3.63, 3.8) is 0 Å². The van der Waals surface area contributed by atoms with E-state index in [0.29, 0.717) is 23.3 Å². The molecule has 2 aliphatic carbocycles. The van der Waals surface area contributed by atoms with E-state index in [9.17, 15) is 9.90 Å². The lowest BCUT2D eigenvalue weighted by molar-refractivity contribution is 0.0684. The summed E-state index contributed by atoms with van der Waals surface area (Å²) in [7, 11) is 0. The average Bonchev–Trinajstić information content (AvgIpc) is 3.20. The maximum absolute atomic E-state index is 11.9. The zero-order valence-corrected chi connectivity index (χ0v) is 21.5. The van der Waals surface area contributed by atoms with Gasteiger partial charge in [0.1, 0.15) is 11.2 Å². The number of carbonyl (C=O) groups is 1. The first-order valence-electron chi connectivity index (χ1n) is 13.3. The van der Waals surface area contributed by atoms with Gasteiger partial charge in [0, 0.05) is 19.3 Å². The Labute approximate surface area is 212 Å². The summed E-state index contributed by atoms with van der Waals surface area (Å²) in [6.45, 7) is 8.03. The Morgan fingerprint density at radius 1 is 1.19 bits per heavy atom. The van der Waals surface area contributed by atoms with Gasteiger partial charge in [-0.25, -0.2) is 19.7 Å². The molecule has 1 unspecified atom stereocenters. The molecule has 0 bridgehead atoms. The zero-order valence-electron chi connectivity index (χ0n) is 21.5. The third-order valence-corrected chi connectivity index (χ3v) is 7.73. The summed E-state index contributed by atoms with van der Waals surface area (Å²) in [5, 5.41) is 13.2. The Morgan fingerprint density at radius 2 is 2.03 bits per heavy atom. The molecule has 2 aliphatic rings. The molecule has 5 rings (SSSR count). The Kier molecular flexibility index (Phi) is 7.03. The van der Waals surface area contributed by atoms with Crippen LogP contribution in [-0.2, 0) is 6.54 Å². The summed E-state index contributed by atoms with van der Waals surface area (Å²) < 4.78 is 2.18. The second kappa shape index (κ2) is 10.4. The number of rotatable bonds is 9. The quantitative estimate of drug-likeness (QED) is 0.353. The number of aromatic carboxylic acids is 1. The number of hydrogen-bond acceptors (Lipinski definition) is 6. The van der Waals surface area contributed by atoms with Gasteiger partial charge in [0.25, 0.3) is 0 Å². The van der Waals surface area contributed by atoms with Crippen LogP contribution in [0.15, 0.2) is 30.0 Å². The molecule has 3 aromatic heterocycles. The number of nitrogens with zero attached hydrogens (tertiary/aromatic N) is 5. The van der Waals surface area contributed by atoms with Crippen LogP contribution in [0.25, 0.3) is 22.7 Å². The number of nitrogens with one attached hydrogen (secondary N) is 1. The highest BCUT2D eigenvalue weighted by atomic mass is 16.4. The third kappa shape index (κ3) is 5.13. The Morgan fingerprint density at radius 3 is 2.69 bits per heavy atom. The first-order valence-corrected chi connectivity index (χ1v) is 13.3. The van der Waals surface area contributed by atoms with Gasteiger partial charge in [-0.15, -0.1) is 0 Å². The third-order valence-electron chi connectivity index (χ3n) is 7.73. The van der Waals surface area contributed by atoms with Crippen molar-refractivity contribution in [2.75, 3.05) is 11.9 Å². The maximum Gasteiger partial charge on any atom is 0.374 e. The molecule has 3 heterocycles. The van der Waals surface area contributed by atoms with Crippen LogP contribution in [0.5, 0.6) is 0 Å². The van der Waals surface area contributed by atoms with Crippen molar-refractivity contribution < 1.29 is 9.90 Å². The lowest BCUT2D eigenvalue weighted by Gasteiger charge is -2.25. The average molecular weight is 489 g/mol. The number of allylic oxidation sites excluding steroid dienone is 2. The Bertz CT molecular complexity index is 1290. The number of aromatic nitrogens is 5. The number of hydrogen-bond donors (Lipinski definition) is 2. The van der Waals surface area contributed by atoms with Gasteiger partial charge in [-0.05, 0) is 68.1 Å². The number of imidazole rings is 1. The van der Waals surface area contributed by atoms with Gasteiger partial charge in [0.05, 0.1) is 0 Å². The molecule has 8 nitrogen and oxygen atoms in total. The predicted molar refractivity (Wildman–Crippen MR) is 141 cm³/mol. The molecule has 0 aliphatic heterocycles. The van der Waals surface area contributed by atoms with Crippen molar-refractivity contribution >= 4 is 23.0 Å². The van der Waals surface area contributed by atoms with Crippen LogP contribution in [0.3, 0.4) is 0 Å². The lowest BCUT2D eigenvalue weighted by atomic mass is 9.83. The van der Waals surface area contributed by atoms with Crippen molar-refractivity contribution in [1.82, 2.24) is 24.5 Å². The number of carboxylic acid groups (broad SMARTS) is 1. The summed E-state index contributed by atoms with van der Waals surface area (Å²) in [4.78, 5) is 30.2. The van der Waals surface area contributed by atoms with E-state index in [2.05, 4.69) is 57.7 Å². The Balaban J connectivity index is 1.61. The number of pyridine rings is 1. The van der Waals surface area contributed by atoms with Gasteiger partial charge >= 0.3 is 5.97 Å². The van der Waals surface area contributed by atoms with Crippen LogP contribution in [0, 0.1) is 11.8 Å². The number of fused-ring (bicyclic) bond motifs is 1. The van der Waals surface area contributed by atoms with E-state index in [1.165, 1.54) is 30.4 Å². The topological polar surface area (TPSA) is 106 Å². The second-order valence-corrected chi connectivity index (χ2v) is 10.8. The van der Waals surface area contributed by atoms with E-state index in [1.54, 1.807) is 0 Å². The molecule has 0 amide bonds. The van der Waals surface area contributed by atoms with E-state index in [4.69, 9.17) is 4.98 Å². The normalized spacial score (nSPS) is 18.3. The molecule has 0 aromatic carbocycles. The van der Waals surface area contributed by atoms with Gasteiger partial charge in [-0.3, -0.25) is 4.98 Å². The van der Waals surface area contributed by atoms with E-state index in [-0.39, 0.29) is 5.82 Å².